The van der Waals surface area contributed by atoms with Crippen molar-refractivity contribution in [2.75, 3.05) is 0 Å². The molecular formula is C17H17NO2. The highest BCUT2D eigenvalue weighted by atomic mass is 16.3. The largest absolute Gasteiger partial charge is 0.508 e. The van der Waals surface area contributed by atoms with Crippen LogP contribution in [0.3, 0.4) is 0 Å². The number of hydrogen-bond acceptors (Lipinski definition) is 3. The summed E-state index contributed by atoms with van der Waals surface area (Å²) in [5.74, 6) is 0.368. The minimum Gasteiger partial charge on any atom is -0.508 e. The molecule has 2 aromatic carbocycles. The third kappa shape index (κ3) is 5.83. The van der Waals surface area contributed by atoms with Crippen LogP contribution < -0.4 is 0 Å². The average molecular weight is 267 g/mol. The van der Waals surface area contributed by atoms with E-state index in [1.54, 1.807) is 24.3 Å². The van der Waals surface area contributed by atoms with Crippen molar-refractivity contribution in [1.29, 1.82) is 5.26 Å². The standard InChI is InChI=1S/C10H9NO.C7H8O/c11-8-4-7-10(12)9-5-2-1-3-6-9;1-6-2-4-7(8)5-3-6/h1-3,5-6H,4,7H2;2-5,8H,1H3. The molecule has 0 unspecified atom stereocenters. The summed E-state index contributed by atoms with van der Waals surface area (Å²) < 4.78 is 0. The lowest BCUT2D eigenvalue weighted by Crippen LogP contribution is -1.96. The predicted octanol–water partition coefficient (Wildman–Crippen LogP) is 3.87. The third-order valence-electron chi connectivity index (χ3n) is 2.59. The Hall–Kier alpha value is -2.60. The molecule has 0 saturated heterocycles. The summed E-state index contributed by atoms with van der Waals surface area (Å²) in [6.45, 7) is 1.99. The zero-order chi connectivity index (χ0) is 14.8. The molecule has 0 bridgehead atoms. The summed E-state index contributed by atoms with van der Waals surface area (Å²) in [4.78, 5) is 11.3. The first kappa shape index (κ1) is 15.5. The molecule has 0 saturated carbocycles. The zero-order valence-corrected chi connectivity index (χ0v) is 11.4. The lowest BCUT2D eigenvalue weighted by Gasteiger charge is -1.95. The molecule has 0 aromatic heterocycles. The van der Waals surface area contributed by atoms with E-state index >= 15 is 0 Å². The topological polar surface area (TPSA) is 61.1 Å². The van der Waals surface area contributed by atoms with Crippen LogP contribution in [0.15, 0.2) is 54.6 Å². The van der Waals surface area contributed by atoms with E-state index < -0.39 is 0 Å². The second-order valence-corrected chi connectivity index (χ2v) is 4.28. The van der Waals surface area contributed by atoms with Gasteiger partial charge in [0, 0.05) is 18.4 Å². The monoisotopic (exact) mass is 267 g/mol. The Balaban J connectivity index is 0.000000217. The summed E-state index contributed by atoms with van der Waals surface area (Å²) in [5, 5.41) is 17.0. The van der Waals surface area contributed by atoms with Crippen LogP contribution in [0, 0.1) is 18.3 Å². The van der Waals surface area contributed by atoms with E-state index in [9.17, 15) is 4.79 Å². The number of nitrogens with zero attached hydrogens (tertiary/aromatic N) is 1. The Morgan fingerprint density at radius 3 is 2.20 bits per heavy atom. The third-order valence-corrected chi connectivity index (χ3v) is 2.59. The molecule has 102 valence electrons. The number of ketones is 1. The van der Waals surface area contributed by atoms with Gasteiger partial charge in [0.05, 0.1) is 6.07 Å². The molecule has 0 fully saturated rings. The number of nitriles is 1. The van der Waals surface area contributed by atoms with Gasteiger partial charge in [0.2, 0.25) is 0 Å². The molecule has 0 aliphatic carbocycles. The van der Waals surface area contributed by atoms with Crippen LogP contribution >= 0.6 is 0 Å². The smallest absolute Gasteiger partial charge is 0.163 e. The zero-order valence-electron chi connectivity index (χ0n) is 11.4. The maximum absolute atomic E-state index is 11.3. The van der Waals surface area contributed by atoms with Gasteiger partial charge in [-0.2, -0.15) is 5.26 Å². The maximum atomic E-state index is 11.3. The maximum Gasteiger partial charge on any atom is 0.163 e. The second kappa shape index (κ2) is 8.49. The molecule has 0 amide bonds. The van der Waals surface area contributed by atoms with Gasteiger partial charge in [0.1, 0.15) is 5.75 Å². The number of rotatable bonds is 3. The first-order valence-corrected chi connectivity index (χ1v) is 6.34. The van der Waals surface area contributed by atoms with Crippen molar-refractivity contribution in [1.82, 2.24) is 0 Å². The Morgan fingerprint density at radius 1 is 1.10 bits per heavy atom. The van der Waals surface area contributed by atoms with Gasteiger partial charge in [-0.05, 0) is 19.1 Å². The van der Waals surface area contributed by atoms with Crippen molar-refractivity contribution < 1.29 is 9.90 Å². The van der Waals surface area contributed by atoms with Gasteiger partial charge in [-0.15, -0.1) is 0 Å². The molecule has 0 radical (unpaired) electrons. The number of benzene rings is 2. The predicted molar refractivity (Wildman–Crippen MR) is 78.5 cm³/mol. The number of carbonyl (C=O) groups is 1. The fraction of sp³-hybridized carbons (Fsp3) is 0.176. The van der Waals surface area contributed by atoms with Gasteiger partial charge in [-0.1, -0.05) is 48.0 Å². The SMILES string of the molecule is Cc1ccc(O)cc1.N#CCCC(=O)c1ccccc1. The Bertz CT molecular complexity index is 547. The van der Waals surface area contributed by atoms with Gasteiger partial charge in [-0.25, -0.2) is 0 Å². The number of aryl methyl sites for hydroxylation is 1. The van der Waals surface area contributed by atoms with E-state index in [2.05, 4.69) is 0 Å². The number of hydrogen-bond donors (Lipinski definition) is 1. The van der Waals surface area contributed by atoms with Crippen LogP contribution in [0.25, 0.3) is 0 Å². The fourth-order valence-corrected chi connectivity index (χ4v) is 1.48. The van der Waals surface area contributed by atoms with Crippen molar-refractivity contribution in [3.8, 4) is 11.8 Å². The van der Waals surface area contributed by atoms with Gasteiger partial charge in [0.25, 0.3) is 0 Å². The van der Waals surface area contributed by atoms with E-state index in [-0.39, 0.29) is 5.78 Å². The van der Waals surface area contributed by atoms with Crippen LogP contribution in [0.2, 0.25) is 0 Å². The summed E-state index contributed by atoms with van der Waals surface area (Å²) in [7, 11) is 0. The molecule has 0 aliphatic heterocycles. The Kier molecular flexibility index (Phi) is 6.56. The van der Waals surface area contributed by atoms with E-state index in [1.165, 1.54) is 5.56 Å². The van der Waals surface area contributed by atoms with Crippen LogP contribution in [0.5, 0.6) is 5.75 Å². The van der Waals surface area contributed by atoms with Crippen molar-refractivity contribution in [3.63, 3.8) is 0 Å². The number of Topliss-reactive ketones (excluding diaryl/α,β-unsaturated/α-hetero) is 1. The summed E-state index contributed by atoms with van der Waals surface area (Å²) >= 11 is 0. The molecule has 0 aliphatic rings. The molecule has 0 heterocycles. The first-order chi connectivity index (χ1) is 9.63. The summed E-state index contributed by atoms with van der Waals surface area (Å²) in [6, 6.07) is 18.1. The average Bonchev–Trinajstić information content (AvgIpc) is 2.49. The number of aromatic hydroxyl groups is 1. The second-order valence-electron chi connectivity index (χ2n) is 4.28. The quantitative estimate of drug-likeness (QED) is 0.858. The Labute approximate surface area is 119 Å². The molecule has 1 N–H and O–H groups in total. The van der Waals surface area contributed by atoms with Crippen molar-refractivity contribution in [3.05, 3.63) is 65.7 Å². The molecule has 2 aromatic rings. The highest BCUT2D eigenvalue weighted by molar-refractivity contribution is 5.96. The molecule has 3 heteroatoms. The van der Waals surface area contributed by atoms with E-state index in [4.69, 9.17) is 10.4 Å². The first-order valence-electron chi connectivity index (χ1n) is 6.34. The van der Waals surface area contributed by atoms with E-state index in [1.807, 2.05) is 43.3 Å². The minimum atomic E-state index is 0.0390. The number of carbonyl (C=O) groups excluding carboxylic acids is 1. The van der Waals surface area contributed by atoms with Crippen LogP contribution in [0.4, 0.5) is 0 Å². The van der Waals surface area contributed by atoms with Crippen molar-refractivity contribution in [2.24, 2.45) is 0 Å². The van der Waals surface area contributed by atoms with Crippen molar-refractivity contribution >= 4 is 5.78 Å². The summed E-state index contributed by atoms with van der Waals surface area (Å²) in [5.41, 5.74) is 1.86. The summed E-state index contributed by atoms with van der Waals surface area (Å²) in [6.07, 6.45) is 0.619. The van der Waals surface area contributed by atoms with Crippen LogP contribution in [-0.2, 0) is 0 Å². The Morgan fingerprint density at radius 2 is 1.70 bits per heavy atom. The van der Waals surface area contributed by atoms with Gasteiger partial charge >= 0.3 is 0 Å². The molecule has 0 spiro atoms. The molecule has 2 rings (SSSR count). The molecule has 20 heavy (non-hydrogen) atoms. The normalized spacial score (nSPS) is 9.00. The van der Waals surface area contributed by atoms with Crippen molar-refractivity contribution in [2.45, 2.75) is 19.8 Å². The van der Waals surface area contributed by atoms with E-state index in [0.717, 1.165) is 0 Å². The van der Waals surface area contributed by atoms with Crippen LogP contribution in [0.1, 0.15) is 28.8 Å². The number of phenols is 1. The molecular weight excluding hydrogens is 250 g/mol. The van der Waals surface area contributed by atoms with Gasteiger partial charge < -0.3 is 5.11 Å². The lowest BCUT2D eigenvalue weighted by molar-refractivity contribution is 0.0984. The van der Waals surface area contributed by atoms with E-state index in [0.29, 0.717) is 24.2 Å². The minimum absolute atomic E-state index is 0.0390. The molecule has 3 nitrogen and oxygen atoms in total. The van der Waals surface area contributed by atoms with Crippen LogP contribution in [-0.4, -0.2) is 10.9 Å². The molecule has 0 atom stereocenters. The lowest BCUT2D eigenvalue weighted by atomic mass is 10.1. The number of phenolic OH excluding ortho intramolecular Hbond substituents is 1. The highest BCUT2D eigenvalue weighted by Gasteiger charge is 2.02. The fourth-order valence-electron chi connectivity index (χ4n) is 1.48. The van der Waals surface area contributed by atoms with Gasteiger partial charge in [-0.3, -0.25) is 4.79 Å². The highest BCUT2D eigenvalue weighted by Crippen LogP contribution is 2.07. The van der Waals surface area contributed by atoms with Gasteiger partial charge in [0.15, 0.2) is 5.78 Å².